The fourth-order valence-electron chi connectivity index (χ4n) is 3.17. The van der Waals surface area contributed by atoms with Crippen LogP contribution in [0.1, 0.15) is 23.6 Å². The molecule has 0 aromatic heterocycles. The summed E-state index contributed by atoms with van der Waals surface area (Å²) in [6, 6.07) is 11.2. The summed E-state index contributed by atoms with van der Waals surface area (Å²) in [6.45, 7) is 10.3. The van der Waals surface area contributed by atoms with Gasteiger partial charge in [-0.3, -0.25) is 14.5 Å². The van der Waals surface area contributed by atoms with Crippen LogP contribution in [0.25, 0.3) is 6.08 Å². The normalized spacial score (nSPS) is 14.7. The Bertz CT molecular complexity index is 1060. The van der Waals surface area contributed by atoms with E-state index in [1.54, 1.807) is 12.2 Å². The molecule has 2 aromatic rings. The van der Waals surface area contributed by atoms with Crippen molar-refractivity contribution < 1.29 is 19.1 Å². The van der Waals surface area contributed by atoms with E-state index in [1.807, 2.05) is 43.3 Å². The zero-order valence-corrected chi connectivity index (χ0v) is 19.4. The van der Waals surface area contributed by atoms with E-state index < -0.39 is 0 Å². The highest BCUT2D eigenvalue weighted by atomic mass is 35.5. The Morgan fingerprint density at radius 2 is 1.84 bits per heavy atom. The van der Waals surface area contributed by atoms with E-state index in [0.717, 1.165) is 28.5 Å². The smallest absolute Gasteiger partial charge is 0.293 e. The predicted molar refractivity (Wildman–Crippen MR) is 130 cm³/mol. The third-order valence-electron chi connectivity index (χ3n) is 4.60. The fourth-order valence-corrected chi connectivity index (χ4v) is 4.15. The highest BCUT2D eigenvalue weighted by molar-refractivity contribution is 8.18. The number of benzene rings is 2. The number of ether oxygens (including phenoxy) is 2. The first-order valence-electron chi connectivity index (χ1n) is 10.1. The van der Waals surface area contributed by atoms with Crippen LogP contribution in [-0.4, -0.2) is 29.2 Å². The van der Waals surface area contributed by atoms with Gasteiger partial charge in [-0.15, -0.1) is 13.2 Å². The molecule has 32 heavy (non-hydrogen) atoms. The van der Waals surface area contributed by atoms with Gasteiger partial charge < -0.3 is 9.47 Å². The summed E-state index contributed by atoms with van der Waals surface area (Å²) < 4.78 is 12.0. The number of rotatable bonds is 10. The first-order valence-corrected chi connectivity index (χ1v) is 11.3. The largest absolute Gasteiger partial charge is 0.490 e. The van der Waals surface area contributed by atoms with Gasteiger partial charge in [-0.1, -0.05) is 35.9 Å². The average molecular weight is 470 g/mol. The van der Waals surface area contributed by atoms with E-state index in [-0.39, 0.29) is 17.7 Å². The zero-order chi connectivity index (χ0) is 23.1. The molecule has 7 heteroatoms. The van der Waals surface area contributed by atoms with Crippen molar-refractivity contribution in [3.63, 3.8) is 0 Å². The molecular formula is C25H24ClNO4S. The number of imide groups is 1. The van der Waals surface area contributed by atoms with Gasteiger partial charge in [0.15, 0.2) is 11.5 Å². The van der Waals surface area contributed by atoms with E-state index in [2.05, 4.69) is 13.2 Å². The first-order chi connectivity index (χ1) is 15.5. The number of halogens is 1. The van der Waals surface area contributed by atoms with Gasteiger partial charge in [0.2, 0.25) is 0 Å². The number of amides is 2. The van der Waals surface area contributed by atoms with Crippen molar-refractivity contribution in [3.8, 4) is 11.5 Å². The Labute approximate surface area is 197 Å². The summed E-state index contributed by atoms with van der Waals surface area (Å²) in [7, 11) is 0. The van der Waals surface area contributed by atoms with Crippen molar-refractivity contribution in [3.05, 3.63) is 88.3 Å². The second-order valence-electron chi connectivity index (χ2n) is 6.93. The Kier molecular flexibility index (Phi) is 8.20. The molecule has 0 atom stereocenters. The SMILES string of the molecule is C=CCc1cc(/C=C2/SC(=O)N(CC=C)C2=O)cc(OCC)c1OCc1ccc(Cl)cc1. The summed E-state index contributed by atoms with van der Waals surface area (Å²) in [5, 5.41) is 0.360. The van der Waals surface area contributed by atoms with Crippen LogP contribution < -0.4 is 9.47 Å². The van der Waals surface area contributed by atoms with Gasteiger partial charge in [-0.25, -0.2) is 0 Å². The molecule has 1 aliphatic rings. The first kappa shape index (κ1) is 23.7. The van der Waals surface area contributed by atoms with Crippen LogP contribution in [0.5, 0.6) is 11.5 Å². The summed E-state index contributed by atoms with van der Waals surface area (Å²) in [6.07, 6.45) is 5.56. The second-order valence-corrected chi connectivity index (χ2v) is 8.36. The Balaban J connectivity index is 1.94. The van der Waals surface area contributed by atoms with Gasteiger partial charge in [-0.2, -0.15) is 0 Å². The van der Waals surface area contributed by atoms with E-state index >= 15 is 0 Å². The van der Waals surface area contributed by atoms with Crippen molar-refractivity contribution in [1.29, 1.82) is 0 Å². The van der Waals surface area contributed by atoms with E-state index in [0.29, 0.717) is 41.1 Å². The lowest BCUT2D eigenvalue weighted by atomic mass is 10.0. The summed E-state index contributed by atoms with van der Waals surface area (Å²) in [4.78, 5) is 26.2. The lowest BCUT2D eigenvalue weighted by Gasteiger charge is -2.17. The molecule has 0 aliphatic carbocycles. The lowest BCUT2D eigenvalue weighted by molar-refractivity contribution is -0.122. The summed E-state index contributed by atoms with van der Waals surface area (Å²) >= 11 is 6.88. The van der Waals surface area contributed by atoms with Crippen LogP contribution >= 0.6 is 23.4 Å². The molecule has 0 N–H and O–H groups in total. The molecule has 3 rings (SSSR count). The van der Waals surface area contributed by atoms with E-state index in [4.69, 9.17) is 21.1 Å². The van der Waals surface area contributed by atoms with E-state index in [1.165, 1.54) is 11.0 Å². The molecule has 0 radical (unpaired) electrons. The minimum Gasteiger partial charge on any atom is -0.490 e. The van der Waals surface area contributed by atoms with Crippen molar-refractivity contribution in [1.82, 2.24) is 4.90 Å². The number of hydrogen-bond donors (Lipinski definition) is 0. The van der Waals surface area contributed by atoms with Crippen molar-refractivity contribution in [2.45, 2.75) is 20.0 Å². The van der Waals surface area contributed by atoms with Crippen LogP contribution in [-0.2, 0) is 17.8 Å². The molecule has 0 unspecified atom stereocenters. The van der Waals surface area contributed by atoms with Crippen molar-refractivity contribution >= 4 is 40.6 Å². The van der Waals surface area contributed by atoms with Crippen molar-refractivity contribution in [2.24, 2.45) is 0 Å². The van der Waals surface area contributed by atoms with Crippen LogP contribution in [0, 0.1) is 0 Å². The number of allylic oxidation sites excluding steroid dienone is 1. The maximum Gasteiger partial charge on any atom is 0.293 e. The number of carbonyl (C=O) groups is 2. The lowest BCUT2D eigenvalue weighted by Crippen LogP contribution is -2.27. The van der Waals surface area contributed by atoms with Crippen LogP contribution in [0.3, 0.4) is 0 Å². The highest BCUT2D eigenvalue weighted by Crippen LogP contribution is 2.37. The van der Waals surface area contributed by atoms with Gasteiger partial charge >= 0.3 is 0 Å². The monoisotopic (exact) mass is 469 g/mol. The number of nitrogens with zero attached hydrogens (tertiary/aromatic N) is 1. The van der Waals surface area contributed by atoms with Gasteiger partial charge in [-0.05, 0) is 66.6 Å². The van der Waals surface area contributed by atoms with Gasteiger partial charge in [0.1, 0.15) is 6.61 Å². The number of carbonyl (C=O) groups excluding carboxylic acids is 2. The maximum absolute atomic E-state index is 12.6. The molecule has 1 saturated heterocycles. The topological polar surface area (TPSA) is 55.8 Å². The molecule has 5 nitrogen and oxygen atoms in total. The molecule has 2 amide bonds. The number of hydrogen-bond acceptors (Lipinski definition) is 5. The van der Waals surface area contributed by atoms with Crippen LogP contribution in [0.15, 0.2) is 66.6 Å². The van der Waals surface area contributed by atoms with Crippen molar-refractivity contribution in [2.75, 3.05) is 13.2 Å². The molecule has 2 aromatic carbocycles. The highest BCUT2D eigenvalue weighted by Gasteiger charge is 2.34. The summed E-state index contributed by atoms with van der Waals surface area (Å²) in [5.41, 5.74) is 2.59. The summed E-state index contributed by atoms with van der Waals surface area (Å²) in [5.74, 6) is 0.863. The standard InChI is InChI=1S/C25H24ClNO4S/c1-4-7-19-13-18(15-22-24(28)27(12-5-2)25(29)32-22)14-21(30-6-3)23(19)31-16-17-8-10-20(26)11-9-17/h4-5,8-11,13-15H,1-2,6-7,12,16H2,3H3/b22-15+. The van der Waals surface area contributed by atoms with Gasteiger partial charge in [0, 0.05) is 17.1 Å². The minimum atomic E-state index is -0.328. The molecule has 1 aliphatic heterocycles. The van der Waals surface area contributed by atoms with Crippen LogP contribution in [0.4, 0.5) is 4.79 Å². The zero-order valence-electron chi connectivity index (χ0n) is 17.8. The van der Waals surface area contributed by atoms with Gasteiger partial charge in [0.25, 0.3) is 11.1 Å². The third-order valence-corrected chi connectivity index (χ3v) is 5.76. The predicted octanol–water partition coefficient (Wildman–Crippen LogP) is 6.27. The Morgan fingerprint density at radius 1 is 1.09 bits per heavy atom. The third kappa shape index (κ3) is 5.64. The van der Waals surface area contributed by atoms with Crippen LogP contribution in [0.2, 0.25) is 5.02 Å². The number of thioether (sulfide) groups is 1. The van der Waals surface area contributed by atoms with Gasteiger partial charge in [0.05, 0.1) is 11.5 Å². The molecule has 0 bridgehead atoms. The Hall–Kier alpha value is -2.96. The minimum absolute atomic E-state index is 0.186. The van der Waals surface area contributed by atoms with E-state index in [9.17, 15) is 9.59 Å². The quantitative estimate of drug-likeness (QED) is 0.303. The Morgan fingerprint density at radius 3 is 2.50 bits per heavy atom. The molecular weight excluding hydrogens is 446 g/mol. The molecule has 1 fully saturated rings. The molecule has 166 valence electrons. The molecule has 0 saturated carbocycles. The fraction of sp³-hybridized carbons (Fsp3) is 0.200. The maximum atomic E-state index is 12.6. The second kappa shape index (κ2) is 11.1. The molecule has 0 spiro atoms. The average Bonchev–Trinajstić information content (AvgIpc) is 3.02. The molecule has 1 heterocycles.